The zero-order chi connectivity index (χ0) is 18.4. The van der Waals surface area contributed by atoms with Gasteiger partial charge >= 0.3 is 6.18 Å². The highest BCUT2D eigenvalue weighted by molar-refractivity contribution is 5.79. The van der Waals surface area contributed by atoms with Crippen molar-refractivity contribution >= 4 is 5.91 Å². The molecule has 7 heteroatoms. The van der Waals surface area contributed by atoms with Crippen LogP contribution in [-0.4, -0.2) is 20.1 Å². The van der Waals surface area contributed by atoms with Crippen molar-refractivity contribution in [2.24, 2.45) is 0 Å². The van der Waals surface area contributed by atoms with Gasteiger partial charge < -0.3 is 14.8 Å². The van der Waals surface area contributed by atoms with Gasteiger partial charge in [0.1, 0.15) is 11.5 Å². The summed E-state index contributed by atoms with van der Waals surface area (Å²) in [5, 5.41) is 2.68. The Kier molecular flexibility index (Phi) is 5.90. The Labute approximate surface area is 143 Å². The quantitative estimate of drug-likeness (QED) is 0.864. The number of benzene rings is 2. The fraction of sp³-hybridized carbons (Fsp3) is 0.278. The van der Waals surface area contributed by atoms with Gasteiger partial charge in [0.25, 0.3) is 0 Å². The van der Waals surface area contributed by atoms with Crippen LogP contribution in [0.15, 0.2) is 42.5 Å². The number of alkyl halides is 3. The molecule has 0 aliphatic rings. The summed E-state index contributed by atoms with van der Waals surface area (Å²) in [5.74, 6) is 0.887. The molecule has 0 unspecified atom stereocenters. The molecule has 0 bridgehead atoms. The lowest BCUT2D eigenvalue weighted by atomic mass is 10.1. The van der Waals surface area contributed by atoms with E-state index in [1.807, 2.05) is 0 Å². The van der Waals surface area contributed by atoms with E-state index < -0.39 is 11.7 Å². The Balaban J connectivity index is 1.95. The Bertz CT molecular complexity index is 727. The number of carbonyl (C=O) groups is 1. The second kappa shape index (κ2) is 7.92. The summed E-state index contributed by atoms with van der Waals surface area (Å²) in [6, 6.07) is 9.81. The molecule has 0 aromatic heterocycles. The molecule has 0 aliphatic heterocycles. The summed E-state index contributed by atoms with van der Waals surface area (Å²) < 4.78 is 47.9. The Morgan fingerprint density at radius 3 is 2.28 bits per heavy atom. The van der Waals surface area contributed by atoms with Crippen molar-refractivity contribution in [2.75, 3.05) is 14.2 Å². The fourth-order valence-electron chi connectivity index (χ4n) is 2.25. The minimum Gasteiger partial charge on any atom is -0.497 e. The molecule has 1 N–H and O–H groups in total. The first-order valence-electron chi connectivity index (χ1n) is 7.47. The van der Waals surface area contributed by atoms with Gasteiger partial charge in [-0.2, -0.15) is 13.2 Å². The molecule has 4 nitrogen and oxygen atoms in total. The second-order valence-corrected chi connectivity index (χ2v) is 5.33. The van der Waals surface area contributed by atoms with Gasteiger partial charge in [0.05, 0.1) is 26.2 Å². The summed E-state index contributed by atoms with van der Waals surface area (Å²) in [6.07, 6.45) is -4.28. The number of methoxy groups -OCH3 is 2. The molecule has 0 saturated carbocycles. The lowest BCUT2D eigenvalue weighted by Gasteiger charge is -2.11. The second-order valence-electron chi connectivity index (χ2n) is 5.33. The third-order valence-corrected chi connectivity index (χ3v) is 3.62. The summed E-state index contributed by atoms with van der Waals surface area (Å²) in [4.78, 5) is 12.1. The fourth-order valence-corrected chi connectivity index (χ4v) is 2.25. The van der Waals surface area contributed by atoms with E-state index in [1.165, 1.54) is 26.4 Å². The number of hydrogen-bond acceptors (Lipinski definition) is 3. The van der Waals surface area contributed by atoms with E-state index in [9.17, 15) is 18.0 Å². The summed E-state index contributed by atoms with van der Waals surface area (Å²) in [6.45, 7) is 0.148. The van der Waals surface area contributed by atoms with E-state index in [0.29, 0.717) is 22.6 Å². The normalized spacial score (nSPS) is 11.1. The molecular weight excluding hydrogens is 335 g/mol. The predicted molar refractivity (Wildman–Crippen MR) is 86.5 cm³/mol. The number of carbonyl (C=O) groups excluding carboxylic acids is 1. The highest BCUT2D eigenvalue weighted by atomic mass is 19.4. The van der Waals surface area contributed by atoms with E-state index in [-0.39, 0.29) is 18.9 Å². The zero-order valence-electron chi connectivity index (χ0n) is 13.8. The number of halogens is 3. The van der Waals surface area contributed by atoms with Gasteiger partial charge in [-0.05, 0) is 23.8 Å². The van der Waals surface area contributed by atoms with Gasteiger partial charge in [-0.15, -0.1) is 0 Å². The molecule has 0 radical (unpaired) electrons. The zero-order valence-corrected chi connectivity index (χ0v) is 13.8. The molecule has 2 aromatic carbocycles. The number of amides is 1. The van der Waals surface area contributed by atoms with Crippen LogP contribution in [0.5, 0.6) is 11.5 Å². The Hall–Kier alpha value is -2.70. The predicted octanol–water partition coefficient (Wildman–Crippen LogP) is 3.58. The number of hydrogen-bond donors (Lipinski definition) is 1. The molecule has 25 heavy (non-hydrogen) atoms. The van der Waals surface area contributed by atoms with E-state index in [2.05, 4.69) is 5.32 Å². The SMILES string of the molecule is COc1ccc(CC(=O)NCc2ccc(C(F)(F)F)cc2)c(OC)c1. The smallest absolute Gasteiger partial charge is 0.416 e. The lowest BCUT2D eigenvalue weighted by molar-refractivity contribution is -0.137. The molecule has 0 heterocycles. The van der Waals surface area contributed by atoms with Crippen molar-refractivity contribution in [3.8, 4) is 11.5 Å². The topological polar surface area (TPSA) is 47.6 Å². The third kappa shape index (κ3) is 5.14. The van der Waals surface area contributed by atoms with Crippen molar-refractivity contribution in [1.82, 2.24) is 5.32 Å². The van der Waals surface area contributed by atoms with E-state index in [1.54, 1.807) is 18.2 Å². The number of rotatable bonds is 6. The van der Waals surface area contributed by atoms with Crippen LogP contribution in [0.2, 0.25) is 0 Å². The molecular formula is C18H18F3NO3. The molecule has 0 fully saturated rings. The summed E-state index contributed by atoms with van der Waals surface area (Å²) >= 11 is 0. The highest BCUT2D eigenvalue weighted by Gasteiger charge is 2.29. The van der Waals surface area contributed by atoms with Crippen LogP contribution >= 0.6 is 0 Å². The van der Waals surface area contributed by atoms with Gasteiger partial charge in [-0.25, -0.2) is 0 Å². The first-order valence-corrected chi connectivity index (χ1v) is 7.47. The highest BCUT2D eigenvalue weighted by Crippen LogP contribution is 2.29. The molecule has 0 saturated heterocycles. The number of ether oxygens (including phenoxy) is 2. The minimum atomic E-state index is -4.37. The average Bonchev–Trinajstić information content (AvgIpc) is 2.60. The molecule has 0 atom stereocenters. The first kappa shape index (κ1) is 18.6. The van der Waals surface area contributed by atoms with Gasteiger partial charge in [0.15, 0.2) is 0 Å². The van der Waals surface area contributed by atoms with Crippen LogP contribution in [0.1, 0.15) is 16.7 Å². The van der Waals surface area contributed by atoms with Crippen molar-refractivity contribution in [3.05, 3.63) is 59.2 Å². The van der Waals surface area contributed by atoms with Gasteiger partial charge in [0, 0.05) is 18.2 Å². The standard InChI is InChI=1S/C18H18F3NO3/c1-24-15-8-5-13(16(10-15)25-2)9-17(23)22-11-12-3-6-14(7-4-12)18(19,20)21/h3-8,10H,9,11H2,1-2H3,(H,22,23). The summed E-state index contributed by atoms with van der Waals surface area (Å²) in [5.41, 5.74) is 0.557. The van der Waals surface area contributed by atoms with Crippen LogP contribution in [0.3, 0.4) is 0 Å². The third-order valence-electron chi connectivity index (χ3n) is 3.62. The Morgan fingerprint density at radius 1 is 1.04 bits per heavy atom. The van der Waals surface area contributed by atoms with Crippen LogP contribution < -0.4 is 14.8 Å². The molecule has 2 aromatic rings. The Morgan fingerprint density at radius 2 is 1.72 bits per heavy atom. The van der Waals surface area contributed by atoms with E-state index >= 15 is 0 Å². The van der Waals surface area contributed by atoms with Crippen LogP contribution in [0, 0.1) is 0 Å². The largest absolute Gasteiger partial charge is 0.497 e. The van der Waals surface area contributed by atoms with Crippen LogP contribution in [-0.2, 0) is 23.9 Å². The average molecular weight is 353 g/mol. The van der Waals surface area contributed by atoms with E-state index in [4.69, 9.17) is 9.47 Å². The van der Waals surface area contributed by atoms with Crippen molar-refractivity contribution in [1.29, 1.82) is 0 Å². The molecule has 134 valence electrons. The van der Waals surface area contributed by atoms with E-state index in [0.717, 1.165) is 12.1 Å². The minimum absolute atomic E-state index is 0.0911. The monoisotopic (exact) mass is 353 g/mol. The maximum Gasteiger partial charge on any atom is 0.416 e. The first-order chi connectivity index (χ1) is 11.8. The molecule has 0 aliphatic carbocycles. The maximum absolute atomic E-state index is 12.5. The van der Waals surface area contributed by atoms with Crippen molar-refractivity contribution < 1.29 is 27.4 Å². The lowest BCUT2D eigenvalue weighted by Crippen LogP contribution is -2.24. The van der Waals surface area contributed by atoms with Crippen LogP contribution in [0.25, 0.3) is 0 Å². The van der Waals surface area contributed by atoms with Crippen LogP contribution in [0.4, 0.5) is 13.2 Å². The molecule has 1 amide bonds. The van der Waals surface area contributed by atoms with Crippen molar-refractivity contribution in [2.45, 2.75) is 19.1 Å². The number of nitrogens with one attached hydrogen (secondary N) is 1. The van der Waals surface area contributed by atoms with Crippen molar-refractivity contribution in [3.63, 3.8) is 0 Å². The molecule has 0 spiro atoms. The van der Waals surface area contributed by atoms with Gasteiger partial charge in [-0.3, -0.25) is 4.79 Å². The van der Waals surface area contributed by atoms with Gasteiger partial charge in [-0.1, -0.05) is 18.2 Å². The summed E-state index contributed by atoms with van der Waals surface area (Å²) in [7, 11) is 3.03. The molecule has 2 rings (SSSR count). The maximum atomic E-state index is 12.5. The van der Waals surface area contributed by atoms with Gasteiger partial charge in [0.2, 0.25) is 5.91 Å².